The number of alkyl halides is 3. The molecule has 0 fully saturated rings. The van der Waals surface area contributed by atoms with E-state index >= 15 is 0 Å². The van der Waals surface area contributed by atoms with E-state index in [-0.39, 0.29) is 29.9 Å². The number of nitrogens with zero attached hydrogens (tertiary/aromatic N) is 1. The number of aryl methyl sites for hydroxylation is 1. The summed E-state index contributed by atoms with van der Waals surface area (Å²) in [6.45, 7) is 2.07. The molecule has 0 spiro atoms. The molecule has 1 aromatic heterocycles. The quantitative estimate of drug-likeness (QED) is 0.228. The number of hydrogen-bond donors (Lipinski definition) is 1. The number of rotatable bonds is 8. The summed E-state index contributed by atoms with van der Waals surface area (Å²) in [5, 5.41) is 10.7. The van der Waals surface area contributed by atoms with Crippen LogP contribution in [0.25, 0.3) is 22.0 Å². The molecule has 204 valence electrons. The number of carboxylic acid groups (broad SMARTS) is 1. The van der Waals surface area contributed by atoms with Gasteiger partial charge in [-0.3, -0.25) is 4.79 Å². The topological polar surface area (TPSA) is 51.5 Å². The maximum Gasteiger partial charge on any atom is 0.573 e. The van der Waals surface area contributed by atoms with Gasteiger partial charge in [-0.1, -0.05) is 49.7 Å². The summed E-state index contributed by atoms with van der Waals surface area (Å²) in [5.74, 6) is -1.73. The highest BCUT2D eigenvalue weighted by Gasteiger charge is 2.34. The zero-order chi connectivity index (χ0) is 27.7. The predicted molar refractivity (Wildman–Crippen MR) is 141 cm³/mol. The van der Waals surface area contributed by atoms with Crippen LogP contribution in [0.5, 0.6) is 5.75 Å². The Morgan fingerprint density at radius 3 is 2.54 bits per heavy atom. The van der Waals surface area contributed by atoms with Gasteiger partial charge in [-0.25, -0.2) is 4.39 Å². The van der Waals surface area contributed by atoms with Gasteiger partial charge in [-0.15, -0.1) is 13.2 Å². The lowest BCUT2D eigenvalue weighted by Gasteiger charge is -2.29. The summed E-state index contributed by atoms with van der Waals surface area (Å²) < 4.78 is 59.1. The van der Waals surface area contributed by atoms with Crippen molar-refractivity contribution in [1.29, 1.82) is 0 Å². The molecule has 0 amide bonds. The Hall–Kier alpha value is -3.81. The fourth-order valence-corrected chi connectivity index (χ4v) is 6.07. The standard InChI is InChI=1S/C31H29F4NO3/c1-2-6-26(19-13-15-22(32)16-14-19)36-27-12-5-10-24(20-7-3-9-23(17-20)39-31(33,34)35)29(27)25-11-4-8-21(30(25)36)18-28(37)38/h3,5,7,9-10,12-17,21,26H,2,4,6,8,11,18H2,1H3,(H,37,38). The van der Waals surface area contributed by atoms with Crippen LogP contribution in [0.4, 0.5) is 17.6 Å². The van der Waals surface area contributed by atoms with E-state index in [1.165, 1.54) is 30.3 Å². The van der Waals surface area contributed by atoms with E-state index in [2.05, 4.69) is 16.2 Å². The Labute approximate surface area is 223 Å². The van der Waals surface area contributed by atoms with E-state index in [9.17, 15) is 27.5 Å². The van der Waals surface area contributed by atoms with Crippen LogP contribution in [-0.2, 0) is 11.2 Å². The van der Waals surface area contributed by atoms with Gasteiger partial charge in [0, 0.05) is 22.5 Å². The molecule has 2 unspecified atom stereocenters. The van der Waals surface area contributed by atoms with Crippen molar-refractivity contribution in [2.75, 3.05) is 0 Å². The molecular formula is C31H29F4NO3. The molecule has 39 heavy (non-hydrogen) atoms. The van der Waals surface area contributed by atoms with Crippen LogP contribution < -0.4 is 4.74 Å². The van der Waals surface area contributed by atoms with Crippen LogP contribution in [-0.4, -0.2) is 22.0 Å². The van der Waals surface area contributed by atoms with Crippen LogP contribution in [0.1, 0.15) is 67.8 Å². The van der Waals surface area contributed by atoms with E-state index in [4.69, 9.17) is 0 Å². The highest BCUT2D eigenvalue weighted by molar-refractivity contribution is 6.00. The van der Waals surface area contributed by atoms with Crippen molar-refractivity contribution in [3.8, 4) is 16.9 Å². The van der Waals surface area contributed by atoms with E-state index in [0.717, 1.165) is 65.4 Å². The van der Waals surface area contributed by atoms with Gasteiger partial charge in [0.2, 0.25) is 0 Å². The van der Waals surface area contributed by atoms with Crippen LogP contribution in [0.3, 0.4) is 0 Å². The molecule has 2 atom stereocenters. The first-order valence-electron chi connectivity index (χ1n) is 13.2. The minimum atomic E-state index is -4.81. The van der Waals surface area contributed by atoms with Crippen LogP contribution in [0, 0.1) is 5.82 Å². The van der Waals surface area contributed by atoms with Gasteiger partial charge in [-0.05, 0) is 78.3 Å². The average Bonchev–Trinajstić information content (AvgIpc) is 3.22. The summed E-state index contributed by atoms with van der Waals surface area (Å²) >= 11 is 0. The van der Waals surface area contributed by atoms with Crippen molar-refractivity contribution in [3.05, 3.63) is 89.4 Å². The molecule has 1 N–H and O–H groups in total. The highest BCUT2D eigenvalue weighted by Crippen LogP contribution is 2.47. The summed E-state index contributed by atoms with van der Waals surface area (Å²) in [5.41, 5.74) is 5.14. The Balaban J connectivity index is 1.78. The third kappa shape index (κ3) is 5.51. The first-order chi connectivity index (χ1) is 18.7. The Bertz CT molecular complexity index is 1490. The van der Waals surface area contributed by atoms with Crippen molar-refractivity contribution in [1.82, 2.24) is 4.57 Å². The minimum Gasteiger partial charge on any atom is -0.481 e. The maximum absolute atomic E-state index is 13.8. The molecule has 0 bridgehead atoms. The summed E-state index contributed by atoms with van der Waals surface area (Å²) in [7, 11) is 0. The van der Waals surface area contributed by atoms with E-state index in [1.54, 1.807) is 18.2 Å². The van der Waals surface area contributed by atoms with E-state index in [1.807, 2.05) is 18.2 Å². The van der Waals surface area contributed by atoms with Gasteiger partial charge in [0.25, 0.3) is 0 Å². The number of fused-ring (bicyclic) bond motifs is 3. The molecule has 0 saturated carbocycles. The second-order valence-electron chi connectivity index (χ2n) is 10.1. The number of aromatic nitrogens is 1. The lowest BCUT2D eigenvalue weighted by atomic mass is 9.83. The van der Waals surface area contributed by atoms with Crippen LogP contribution >= 0.6 is 0 Å². The molecule has 3 aromatic carbocycles. The third-order valence-corrected chi connectivity index (χ3v) is 7.47. The van der Waals surface area contributed by atoms with E-state index in [0.29, 0.717) is 5.56 Å². The molecule has 0 aliphatic heterocycles. The summed E-state index contributed by atoms with van der Waals surface area (Å²) in [6.07, 6.45) is -0.966. The number of benzene rings is 3. The molecular weight excluding hydrogens is 510 g/mol. The zero-order valence-corrected chi connectivity index (χ0v) is 21.5. The fourth-order valence-electron chi connectivity index (χ4n) is 6.07. The van der Waals surface area contributed by atoms with Crippen molar-refractivity contribution >= 4 is 16.9 Å². The largest absolute Gasteiger partial charge is 0.573 e. The van der Waals surface area contributed by atoms with Gasteiger partial charge in [0.15, 0.2) is 0 Å². The number of carboxylic acids is 1. The lowest BCUT2D eigenvalue weighted by molar-refractivity contribution is -0.274. The van der Waals surface area contributed by atoms with Gasteiger partial charge < -0.3 is 14.4 Å². The van der Waals surface area contributed by atoms with Gasteiger partial charge in [0.05, 0.1) is 12.5 Å². The SMILES string of the molecule is CCCC(c1ccc(F)cc1)n1c2c(c3c(-c4cccc(OC(F)(F)F)c4)cccc31)CCCC2CC(=O)O. The van der Waals surface area contributed by atoms with Crippen molar-refractivity contribution in [2.24, 2.45) is 0 Å². The van der Waals surface area contributed by atoms with Crippen molar-refractivity contribution in [3.63, 3.8) is 0 Å². The number of hydrogen-bond acceptors (Lipinski definition) is 2. The molecule has 1 aliphatic rings. The van der Waals surface area contributed by atoms with Gasteiger partial charge in [-0.2, -0.15) is 0 Å². The lowest BCUT2D eigenvalue weighted by Crippen LogP contribution is -2.21. The van der Waals surface area contributed by atoms with E-state index < -0.39 is 12.3 Å². The second kappa shape index (κ2) is 10.8. The number of halogens is 4. The Kier molecular flexibility index (Phi) is 7.38. The molecule has 4 aromatic rings. The first-order valence-corrected chi connectivity index (χ1v) is 13.2. The highest BCUT2D eigenvalue weighted by atomic mass is 19.4. The third-order valence-electron chi connectivity index (χ3n) is 7.47. The molecule has 1 heterocycles. The molecule has 0 saturated heterocycles. The molecule has 8 heteroatoms. The zero-order valence-electron chi connectivity index (χ0n) is 21.5. The smallest absolute Gasteiger partial charge is 0.481 e. The molecule has 1 aliphatic carbocycles. The van der Waals surface area contributed by atoms with Crippen molar-refractivity contribution < 1.29 is 32.2 Å². The average molecular weight is 540 g/mol. The molecule has 5 rings (SSSR count). The monoisotopic (exact) mass is 539 g/mol. The maximum atomic E-state index is 13.8. The van der Waals surface area contributed by atoms with Crippen LogP contribution in [0.15, 0.2) is 66.7 Å². The van der Waals surface area contributed by atoms with Crippen LogP contribution in [0.2, 0.25) is 0 Å². The summed E-state index contributed by atoms with van der Waals surface area (Å²) in [4.78, 5) is 11.9. The predicted octanol–water partition coefficient (Wildman–Crippen LogP) is 8.63. The number of carbonyl (C=O) groups is 1. The fraction of sp³-hybridized carbons (Fsp3) is 0.323. The molecule has 0 radical (unpaired) electrons. The van der Waals surface area contributed by atoms with Gasteiger partial charge in [0.1, 0.15) is 11.6 Å². The number of ether oxygens (including phenoxy) is 1. The Morgan fingerprint density at radius 2 is 1.85 bits per heavy atom. The van der Waals surface area contributed by atoms with Crippen molar-refractivity contribution in [2.45, 2.75) is 63.8 Å². The second-order valence-corrected chi connectivity index (χ2v) is 10.1. The minimum absolute atomic E-state index is 0.0180. The normalized spacial score (nSPS) is 16.2. The number of aliphatic carboxylic acids is 1. The van der Waals surface area contributed by atoms with Gasteiger partial charge >= 0.3 is 12.3 Å². The molecule has 4 nitrogen and oxygen atoms in total. The first kappa shape index (κ1) is 26.8. The summed E-state index contributed by atoms with van der Waals surface area (Å²) in [6, 6.07) is 17.9. The Morgan fingerprint density at radius 1 is 1.10 bits per heavy atom.